The van der Waals surface area contributed by atoms with Crippen molar-refractivity contribution in [1.82, 2.24) is 19.7 Å². The number of fused-ring (bicyclic) bond motifs is 1. The average Bonchev–Trinajstić information content (AvgIpc) is 2.74. The molecule has 0 saturated carbocycles. The molecule has 0 bridgehead atoms. The number of aryl methyl sites for hydroxylation is 2. The molecule has 3 aromatic rings. The molecule has 0 fully saturated rings. The fourth-order valence-corrected chi connectivity index (χ4v) is 2.07. The molecule has 102 valence electrons. The predicted molar refractivity (Wildman–Crippen MR) is 77.3 cm³/mol. The first-order valence-corrected chi connectivity index (χ1v) is 6.25. The van der Waals surface area contributed by atoms with Crippen LogP contribution in [0, 0.1) is 6.92 Å². The summed E-state index contributed by atoms with van der Waals surface area (Å²) >= 11 is 0. The Hall–Kier alpha value is -2.63. The summed E-state index contributed by atoms with van der Waals surface area (Å²) in [7, 11) is 3.49. The van der Waals surface area contributed by atoms with Crippen LogP contribution >= 0.6 is 0 Å². The van der Waals surface area contributed by atoms with E-state index < -0.39 is 0 Å². The van der Waals surface area contributed by atoms with E-state index in [0.29, 0.717) is 11.8 Å². The van der Waals surface area contributed by atoms with Crippen LogP contribution in [0.25, 0.3) is 10.9 Å². The fourth-order valence-electron chi connectivity index (χ4n) is 2.07. The van der Waals surface area contributed by atoms with E-state index in [-0.39, 0.29) is 0 Å². The minimum absolute atomic E-state index is 0.338. The van der Waals surface area contributed by atoms with Crippen LogP contribution in [-0.2, 0) is 7.05 Å². The summed E-state index contributed by atoms with van der Waals surface area (Å²) in [6, 6.07) is 8.18. The van der Waals surface area contributed by atoms with Crippen LogP contribution in [0.5, 0.6) is 6.01 Å². The van der Waals surface area contributed by atoms with Gasteiger partial charge in [-0.1, -0.05) is 0 Å². The zero-order chi connectivity index (χ0) is 14.1. The van der Waals surface area contributed by atoms with Gasteiger partial charge in [0.1, 0.15) is 5.82 Å². The molecule has 20 heavy (non-hydrogen) atoms. The minimum Gasteiger partial charge on any atom is -0.467 e. The molecular weight excluding hydrogens is 254 g/mol. The first-order chi connectivity index (χ1) is 9.67. The zero-order valence-corrected chi connectivity index (χ0v) is 11.6. The summed E-state index contributed by atoms with van der Waals surface area (Å²) in [6.07, 6.45) is 1.65. The van der Waals surface area contributed by atoms with Gasteiger partial charge in [-0.2, -0.15) is 10.1 Å². The summed E-state index contributed by atoms with van der Waals surface area (Å²) in [5.41, 5.74) is 3.03. The van der Waals surface area contributed by atoms with E-state index in [9.17, 15) is 0 Å². The van der Waals surface area contributed by atoms with E-state index in [1.807, 2.05) is 23.9 Å². The van der Waals surface area contributed by atoms with Gasteiger partial charge in [0.25, 0.3) is 0 Å². The smallest absolute Gasteiger partial charge is 0.318 e. The lowest BCUT2D eigenvalue weighted by molar-refractivity contribution is 0.380. The van der Waals surface area contributed by atoms with E-state index in [2.05, 4.69) is 33.4 Å². The zero-order valence-electron chi connectivity index (χ0n) is 11.6. The Morgan fingerprint density at radius 1 is 1.25 bits per heavy atom. The van der Waals surface area contributed by atoms with Gasteiger partial charge >= 0.3 is 6.01 Å². The van der Waals surface area contributed by atoms with Gasteiger partial charge < -0.3 is 10.1 Å². The van der Waals surface area contributed by atoms with Gasteiger partial charge in [-0.3, -0.25) is 4.68 Å². The van der Waals surface area contributed by atoms with Crippen molar-refractivity contribution < 1.29 is 4.74 Å². The lowest BCUT2D eigenvalue weighted by Gasteiger charge is -2.06. The molecule has 6 nitrogen and oxygen atoms in total. The van der Waals surface area contributed by atoms with Gasteiger partial charge in [-0.15, -0.1) is 0 Å². The third kappa shape index (κ3) is 2.16. The normalized spacial score (nSPS) is 10.8. The molecule has 3 rings (SSSR count). The predicted octanol–water partition coefficient (Wildman–Crippen LogP) is 2.42. The summed E-state index contributed by atoms with van der Waals surface area (Å²) in [6.45, 7) is 2.05. The van der Waals surface area contributed by atoms with E-state index in [4.69, 9.17) is 4.74 Å². The van der Waals surface area contributed by atoms with Gasteiger partial charge in [0.2, 0.25) is 0 Å². The van der Waals surface area contributed by atoms with Crippen molar-refractivity contribution in [3.05, 3.63) is 36.2 Å². The summed E-state index contributed by atoms with van der Waals surface area (Å²) in [5.74, 6) is 0.684. The molecule has 0 amide bonds. The van der Waals surface area contributed by atoms with Crippen molar-refractivity contribution in [1.29, 1.82) is 0 Å². The number of hydrogen-bond acceptors (Lipinski definition) is 5. The minimum atomic E-state index is 0.338. The van der Waals surface area contributed by atoms with E-state index in [0.717, 1.165) is 22.3 Å². The monoisotopic (exact) mass is 269 g/mol. The van der Waals surface area contributed by atoms with Gasteiger partial charge in [0.05, 0.1) is 12.6 Å². The second-order valence-electron chi connectivity index (χ2n) is 4.49. The molecule has 0 unspecified atom stereocenters. The number of hydrogen-bond donors (Lipinski definition) is 1. The molecule has 2 heterocycles. The Balaban J connectivity index is 1.94. The van der Waals surface area contributed by atoms with Gasteiger partial charge in [-0.05, 0) is 31.2 Å². The third-order valence-corrected chi connectivity index (χ3v) is 3.22. The number of anilines is 2. The second-order valence-corrected chi connectivity index (χ2v) is 4.49. The molecule has 0 radical (unpaired) electrons. The lowest BCUT2D eigenvalue weighted by atomic mass is 10.2. The van der Waals surface area contributed by atoms with Crippen LogP contribution < -0.4 is 10.1 Å². The number of nitrogens with one attached hydrogen (secondary N) is 1. The number of aromatic nitrogens is 4. The molecule has 0 aliphatic heterocycles. The number of rotatable bonds is 3. The van der Waals surface area contributed by atoms with Crippen molar-refractivity contribution in [3.63, 3.8) is 0 Å². The van der Waals surface area contributed by atoms with E-state index in [1.165, 1.54) is 0 Å². The van der Waals surface area contributed by atoms with Crippen LogP contribution in [-0.4, -0.2) is 26.9 Å². The molecule has 1 N–H and O–H groups in total. The molecular formula is C14H15N5O. The Morgan fingerprint density at radius 2 is 2.10 bits per heavy atom. The van der Waals surface area contributed by atoms with Gasteiger partial charge in [0.15, 0.2) is 0 Å². The van der Waals surface area contributed by atoms with Crippen molar-refractivity contribution in [3.8, 4) is 6.01 Å². The number of nitrogens with zero attached hydrogens (tertiary/aromatic N) is 4. The molecule has 2 aromatic heterocycles. The average molecular weight is 269 g/mol. The Kier molecular flexibility index (Phi) is 2.98. The number of methoxy groups -OCH3 is 1. The Bertz CT molecular complexity index is 765. The topological polar surface area (TPSA) is 64.9 Å². The van der Waals surface area contributed by atoms with E-state index >= 15 is 0 Å². The van der Waals surface area contributed by atoms with Crippen molar-refractivity contribution in [2.24, 2.45) is 7.05 Å². The lowest BCUT2D eigenvalue weighted by Crippen LogP contribution is -1.97. The summed E-state index contributed by atoms with van der Waals surface area (Å²) in [4.78, 5) is 8.19. The number of ether oxygens (including phenoxy) is 1. The molecule has 0 aliphatic carbocycles. The van der Waals surface area contributed by atoms with Gasteiger partial charge in [0, 0.05) is 30.0 Å². The molecule has 0 atom stereocenters. The summed E-state index contributed by atoms with van der Waals surface area (Å²) in [5, 5.41) is 8.84. The largest absolute Gasteiger partial charge is 0.467 e. The quantitative estimate of drug-likeness (QED) is 0.791. The molecule has 0 spiro atoms. The standard InChI is InChI=1S/C14H15N5O/c1-9-11-5-4-10(8-12(11)18-19(9)2)16-13-6-7-15-14(17-13)20-3/h4-8H,1-3H3,(H,15,16,17). The highest BCUT2D eigenvalue weighted by atomic mass is 16.5. The molecule has 1 aromatic carbocycles. The first kappa shape index (κ1) is 12.4. The highest BCUT2D eigenvalue weighted by Gasteiger charge is 2.06. The van der Waals surface area contributed by atoms with Crippen molar-refractivity contribution in [2.75, 3.05) is 12.4 Å². The van der Waals surface area contributed by atoms with Crippen LogP contribution in [0.15, 0.2) is 30.5 Å². The third-order valence-electron chi connectivity index (χ3n) is 3.22. The maximum absolute atomic E-state index is 5.00. The van der Waals surface area contributed by atoms with Crippen molar-refractivity contribution >= 4 is 22.4 Å². The van der Waals surface area contributed by atoms with Crippen LogP contribution in [0.2, 0.25) is 0 Å². The summed E-state index contributed by atoms with van der Waals surface area (Å²) < 4.78 is 6.88. The Labute approximate surface area is 116 Å². The molecule has 0 saturated heterocycles. The van der Waals surface area contributed by atoms with Crippen LogP contribution in [0.1, 0.15) is 5.69 Å². The van der Waals surface area contributed by atoms with Gasteiger partial charge in [-0.25, -0.2) is 4.98 Å². The SMILES string of the molecule is COc1nccc(Nc2ccc3c(C)n(C)nc3c2)n1. The highest BCUT2D eigenvalue weighted by molar-refractivity contribution is 5.85. The first-order valence-electron chi connectivity index (χ1n) is 6.25. The van der Waals surface area contributed by atoms with E-state index in [1.54, 1.807) is 19.4 Å². The highest BCUT2D eigenvalue weighted by Crippen LogP contribution is 2.23. The molecule has 6 heteroatoms. The maximum Gasteiger partial charge on any atom is 0.318 e. The van der Waals surface area contributed by atoms with Crippen molar-refractivity contribution in [2.45, 2.75) is 6.92 Å². The Morgan fingerprint density at radius 3 is 2.90 bits per heavy atom. The second kappa shape index (κ2) is 4.80. The fraction of sp³-hybridized carbons (Fsp3) is 0.214. The van der Waals surface area contributed by atoms with Crippen LogP contribution in [0.3, 0.4) is 0 Å². The molecule has 0 aliphatic rings. The number of benzene rings is 1. The van der Waals surface area contributed by atoms with Crippen LogP contribution in [0.4, 0.5) is 11.5 Å². The maximum atomic E-state index is 5.00.